The van der Waals surface area contributed by atoms with Crippen molar-refractivity contribution in [1.29, 1.82) is 0 Å². The fourth-order valence-corrected chi connectivity index (χ4v) is 1.71. The van der Waals surface area contributed by atoms with Gasteiger partial charge in [-0.05, 0) is 26.7 Å². The molecule has 1 unspecified atom stereocenters. The fraction of sp³-hybridized carbons (Fsp3) is 0.643. The van der Waals surface area contributed by atoms with E-state index in [-0.39, 0.29) is 5.97 Å². The Bertz CT molecular complexity index is 442. The highest BCUT2D eigenvalue weighted by molar-refractivity contribution is 5.90. The molecule has 0 radical (unpaired) electrons. The molecule has 0 aromatic carbocycles. The predicted molar refractivity (Wildman–Crippen MR) is 72.0 cm³/mol. The van der Waals surface area contributed by atoms with Crippen LogP contribution in [0.3, 0.4) is 0 Å². The summed E-state index contributed by atoms with van der Waals surface area (Å²) in [5.74, 6) is 0.226. The highest BCUT2D eigenvalue weighted by Gasteiger charge is 2.28. The summed E-state index contributed by atoms with van der Waals surface area (Å²) >= 11 is 0. The van der Waals surface area contributed by atoms with Crippen molar-refractivity contribution in [1.82, 2.24) is 9.97 Å². The van der Waals surface area contributed by atoms with Gasteiger partial charge in [0.2, 0.25) is 0 Å². The summed E-state index contributed by atoms with van der Waals surface area (Å²) in [5, 5.41) is 0. The molecule has 5 heteroatoms. The molecule has 19 heavy (non-hydrogen) atoms. The molecule has 106 valence electrons. The van der Waals surface area contributed by atoms with E-state index in [1.54, 1.807) is 14.0 Å². The molecule has 5 nitrogen and oxygen atoms in total. The number of ether oxygens (including phenoxy) is 2. The molecule has 0 bridgehead atoms. The van der Waals surface area contributed by atoms with E-state index in [2.05, 4.69) is 9.97 Å². The lowest BCUT2D eigenvalue weighted by Gasteiger charge is -2.25. The van der Waals surface area contributed by atoms with Crippen molar-refractivity contribution in [2.24, 2.45) is 0 Å². The van der Waals surface area contributed by atoms with Gasteiger partial charge in [0.05, 0.1) is 17.9 Å². The lowest BCUT2D eigenvalue weighted by molar-refractivity contribution is -0.00925. The van der Waals surface area contributed by atoms with Gasteiger partial charge in [0, 0.05) is 13.3 Å². The summed E-state index contributed by atoms with van der Waals surface area (Å²) in [6.07, 6.45) is 2.94. The van der Waals surface area contributed by atoms with Gasteiger partial charge in [-0.15, -0.1) is 0 Å². The van der Waals surface area contributed by atoms with Crippen LogP contribution in [-0.2, 0) is 21.5 Å². The Morgan fingerprint density at radius 3 is 2.53 bits per heavy atom. The largest absolute Gasteiger partial charge is 0.462 e. The number of nitrogens with zero attached hydrogens (tertiary/aromatic N) is 2. The molecular formula is C14H22N2O3. The first-order valence-corrected chi connectivity index (χ1v) is 6.61. The number of hydrogen-bond acceptors (Lipinski definition) is 5. The van der Waals surface area contributed by atoms with E-state index < -0.39 is 5.60 Å². The average molecular weight is 266 g/mol. The fourth-order valence-electron chi connectivity index (χ4n) is 1.71. The van der Waals surface area contributed by atoms with Crippen molar-refractivity contribution < 1.29 is 14.3 Å². The molecule has 0 saturated carbocycles. The van der Waals surface area contributed by atoms with E-state index in [0.29, 0.717) is 30.1 Å². The topological polar surface area (TPSA) is 61.3 Å². The number of carbonyl (C=O) groups excluding carboxylic acids is 1. The number of hydrogen-bond donors (Lipinski definition) is 0. The van der Waals surface area contributed by atoms with E-state index in [4.69, 9.17) is 9.47 Å². The third-order valence-electron chi connectivity index (χ3n) is 3.30. The van der Waals surface area contributed by atoms with Crippen LogP contribution >= 0.6 is 0 Å². The number of esters is 1. The second kappa shape index (κ2) is 6.61. The van der Waals surface area contributed by atoms with Crippen molar-refractivity contribution in [2.75, 3.05) is 13.7 Å². The molecule has 1 rings (SSSR count). The summed E-state index contributed by atoms with van der Waals surface area (Å²) in [7, 11) is 1.64. The van der Waals surface area contributed by atoms with Crippen molar-refractivity contribution in [2.45, 2.75) is 46.1 Å². The summed E-state index contributed by atoms with van der Waals surface area (Å²) in [4.78, 5) is 20.5. The first-order valence-electron chi connectivity index (χ1n) is 6.61. The molecule has 1 atom stereocenters. The zero-order valence-corrected chi connectivity index (χ0v) is 12.3. The third-order valence-corrected chi connectivity index (χ3v) is 3.30. The van der Waals surface area contributed by atoms with Gasteiger partial charge in [-0.1, -0.05) is 13.8 Å². The van der Waals surface area contributed by atoms with Crippen LogP contribution in [-0.4, -0.2) is 29.7 Å². The van der Waals surface area contributed by atoms with Crippen molar-refractivity contribution in [3.05, 3.63) is 23.3 Å². The average Bonchev–Trinajstić information content (AvgIpc) is 2.45. The zero-order valence-electron chi connectivity index (χ0n) is 12.3. The van der Waals surface area contributed by atoms with Crippen LogP contribution in [0.2, 0.25) is 0 Å². The Hall–Kier alpha value is -1.49. The molecule has 0 amide bonds. The molecule has 1 aromatic heterocycles. The highest BCUT2D eigenvalue weighted by atomic mass is 16.5. The van der Waals surface area contributed by atoms with Crippen LogP contribution in [0.15, 0.2) is 6.20 Å². The summed E-state index contributed by atoms with van der Waals surface area (Å²) < 4.78 is 10.5. The number of rotatable bonds is 6. The molecule has 1 aromatic rings. The van der Waals surface area contributed by atoms with Crippen molar-refractivity contribution in [3.8, 4) is 0 Å². The minimum absolute atomic E-state index is 0.342. The second-order valence-electron chi connectivity index (χ2n) is 4.42. The number of aryl methyl sites for hydroxylation is 1. The lowest BCUT2D eigenvalue weighted by atomic mass is 10.0. The van der Waals surface area contributed by atoms with E-state index >= 15 is 0 Å². The van der Waals surface area contributed by atoms with Crippen LogP contribution in [0.1, 0.15) is 56.0 Å². The van der Waals surface area contributed by atoms with E-state index in [1.165, 1.54) is 6.20 Å². The van der Waals surface area contributed by atoms with Crippen molar-refractivity contribution >= 4 is 5.97 Å². The maximum Gasteiger partial charge on any atom is 0.341 e. The Balaban J connectivity index is 3.19. The first-order chi connectivity index (χ1) is 9.02. The summed E-state index contributed by atoms with van der Waals surface area (Å²) in [5.41, 5.74) is 0.597. The van der Waals surface area contributed by atoms with E-state index in [0.717, 1.165) is 6.42 Å². The number of carbonyl (C=O) groups is 1. The molecule has 0 N–H and O–H groups in total. The third kappa shape index (κ3) is 3.29. The molecule has 0 aliphatic carbocycles. The predicted octanol–water partition coefficient (Wildman–Crippen LogP) is 2.49. The first kappa shape index (κ1) is 15.6. The van der Waals surface area contributed by atoms with Crippen LogP contribution in [0.5, 0.6) is 0 Å². The maximum atomic E-state index is 11.8. The minimum atomic E-state index is -0.531. The van der Waals surface area contributed by atoms with Gasteiger partial charge in [-0.3, -0.25) is 0 Å². The lowest BCUT2D eigenvalue weighted by Crippen LogP contribution is -2.27. The smallest absolute Gasteiger partial charge is 0.341 e. The Labute approximate surface area is 114 Å². The highest BCUT2D eigenvalue weighted by Crippen LogP contribution is 2.25. The van der Waals surface area contributed by atoms with Gasteiger partial charge in [0.15, 0.2) is 5.82 Å². The molecule has 1 heterocycles. The van der Waals surface area contributed by atoms with Crippen molar-refractivity contribution in [3.63, 3.8) is 0 Å². The Morgan fingerprint density at radius 2 is 2.05 bits per heavy atom. The molecular weight excluding hydrogens is 244 g/mol. The van der Waals surface area contributed by atoms with Crippen LogP contribution in [0.4, 0.5) is 0 Å². The minimum Gasteiger partial charge on any atom is -0.462 e. The monoisotopic (exact) mass is 266 g/mol. The standard InChI is InChI=1S/C14H22N2O3/c1-6-11-10(12(17)19-8-3)9-15-13(16-11)14(4,7-2)18-5/h9H,6-8H2,1-5H3. The zero-order chi connectivity index (χ0) is 14.5. The SMILES string of the molecule is CCOC(=O)c1cnc(C(C)(CC)OC)nc1CC. The van der Waals surface area contributed by atoms with E-state index in [1.807, 2.05) is 20.8 Å². The van der Waals surface area contributed by atoms with Gasteiger partial charge in [-0.25, -0.2) is 14.8 Å². The summed E-state index contributed by atoms with van der Waals surface area (Å²) in [6.45, 7) is 8.01. The van der Waals surface area contributed by atoms with E-state index in [9.17, 15) is 4.79 Å². The second-order valence-corrected chi connectivity index (χ2v) is 4.42. The van der Waals surface area contributed by atoms with Crippen LogP contribution in [0, 0.1) is 0 Å². The quantitative estimate of drug-likeness (QED) is 0.740. The van der Waals surface area contributed by atoms with Gasteiger partial charge < -0.3 is 9.47 Å². The van der Waals surface area contributed by atoms with Gasteiger partial charge >= 0.3 is 5.97 Å². The molecule has 0 aliphatic heterocycles. The number of methoxy groups -OCH3 is 1. The number of aromatic nitrogens is 2. The normalized spacial score (nSPS) is 13.9. The summed E-state index contributed by atoms with van der Waals surface area (Å²) in [6, 6.07) is 0. The van der Waals surface area contributed by atoms with Gasteiger partial charge in [0.1, 0.15) is 5.60 Å². The van der Waals surface area contributed by atoms with Gasteiger partial charge in [0.25, 0.3) is 0 Å². The van der Waals surface area contributed by atoms with Crippen LogP contribution < -0.4 is 0 Å². The molecule has 0 fully saturated rings. The maximum absolute atomic E-state index is 11.8. The Kier molecular flexibility index (Phi) is 5.42. The molecule has 0 aliphatic rings. The van der Waals surface area contributed by atoms with Crippen LogP contribution in [0.25, 0.3) is 0 Å². The molecule has 0 saturated heterocycles. The Morgan fingerprint density at radius 1 is 1.37 bits per heavy atom. The molecule has 0 spiro atoms. The van der Waals surface area contributed by atoms with Gasteiger partial charge in [-0.2, -0.15) is 0 Å².